The number of hydrogen-bond donors (Lipinski definition) is 1. The molecule has 1 amide bonds. The fourth-order valence-corrected chi connectivity index (χ4v) is 2.55. The van der Waals surface area contributed by atoms with E-state index in [1.807, 2.05) is 17.2 Å². The molecule has 0 atom stereocenters. The standard InChI is InChI=1S/C17H27N3O/c1-4-10-18-15-6-5-14(12-19-15)13-20-11-9-17(2,3)8-7-16(20)21/h5-6,12H,4,7-11,13H2,1-3H3,(H,18,19). The van der Waals surface area contributed by atoms with Crippen LogP contribution in [0.1, 0.15) is 52.0 Å². The van der Waals surface area contributed by atoms with Crippen LogP contribution in [-0.2, 0) is 11.3 Å². The fourth-order valence-electron chi connectivity index (χ4n) is 2.55. The molecule has 1 aromatic rings. The largest absolute Gasteiger partial charge is 0.370 e. The average Bonchev–Trinajstić information content (AvgIpc) is 2.59. The minimum atomic E-state index is 0.272. The number of amides is 1. The molecule has 1 fully saturated rings. The molecule has 1 aliphatic heterocycles. The second kappa shape index (κ2) is 6.92. The van der Waals surface area contributed by atoms with Crippen LogP contribution >= 0.6 is 0 Å². The highest BCUT2D eigenvalue weighted by Gasteiger charge is 2.27. The van der Waals surface area contributed by atoms with Crippen LogP contribution < -0.4 is 5.32 Å². The highest BCUT2D eigenvalue weighted by Crippen LogP contribution is 2.30. The molecule has 116 valence electrons. The van der Waals surface area contributed by atoms with Crippen molar-refractivity contribution >= 4 is 11.7 Å². The summed E-state index contributed by atoms with van der Waals surface area (Å²) in [5.41, 5.74) is 1.38. The van der Waals surface area contributed by atoms with Crippen LogP contribution in [0.3, 0.4) is 0 Å². The van der Waals surface area contributed by atoms with Gasteiger partial charge in [-0.3, -0.25) is 4.79 Å². The van der Waals surface area contributed by atoms with E-state index < -0.39 is 0 Å². The number of hydrogen-bond acceptors (Lipinski definition) is 3. The van der Waals surface area contributed by atoms with E-state index in [1.165, 1.54) is 0 Å². The van der Waals surface area contributed by atoms with E-state index in [2.05, 4.69) is 37.1 Å². The number of carbonyl (C=O) groups excluding carboxylic acids is 1. The van der Waals surface area contributed by atoms with Crippen molar-refractivity contribution in [2.24, 2.45) is 5.41 Å². The molecular weight excluding hydrogens is 262 g/mol. The Kier molecular flexibility index (Phi) is 5.21. The zero-order valence-electron chi connectivity index (χ0n) is 13.5. The van der Waals surface area contributed by atoms with Crippen LogP contribution in [0.15, 0.2) is 18.3 Å². The van der Waals surface area contributed by atoms with Gasteiger partial charge >= 0.3 is 0 Å². The van der Waals surface area contributed by atoms with Gasteiger partial charge in [0, 0.05) is 32.3 Å². The normalized spacial score (nSPS) is 18.4. The molecule has 0 saturated carbocycles. The molecular formula is C17H27N3O. The van der Waals surface area contributed by atoms with Crippen molar-refractivity contribution in [2.45, 2.75) is 53.0 Å². The van der Waals surface area contributed by atoms with Gasteiger partial charge in [-0.15, -0.1) is 0 Å². The molecule has 2 heterocycles. The number of nitrogens with one attached hydrogen (secondary N) is 1. The third kappa shape index (κ3) is 4.73. The summed E-state index contributed by atoms with van der Waals surface area (Å²) in [6, 6.07) is 4.06. The molecule has 4 nitrogen and oxygen atoms in total. The van der Waals surface area contributed by atoms with E-state index in [1.54, 1.807) is 0 Å². The van der Waals surface area contributed by atoms with E-state index >= 15 is 0 Å². The number of likely N-dealkylation sites (tertiary alicyclic amines) is 1. The predicted octanol–water partition coefficient (Wildman–Crippen LogP) is 3.44. The summed E-state index contributed by atoms with van der Waals surface area (Å²) < 4.78 is 0. The highest BCUT2D eigenvalue weighted by atomic mass is 16.2. The Morgan fingerprint density at radius 3 is 2.81 bits per heavy atom. The maximum atomic E-state index is 12.2. The summed E-state index contributed by atoms with van der Waals surface area (Å²) in [7, 11) is 0. The molecule has 1 N–H and O–H groups in total. The van der Waals surface area contributed by atoms with Crippen molar-refractivity contribution in [1.29, 1.82) is 0 Å². The topological polar surface area (TPSA) is 45.2 Å². The van der Waals surface area contributed by atoms with E-state index in [-0.39, 0.29) is 11.3 Å². The third-order valence-electron chi connectivity index (χ3n) is 4.18. The third-order valence-corrected chi connectivity index (χ3v) is 4.18. The summed E-state index contributed by atoms with van der Waals surface area (Å²) in [6.45, 7) is 9.09. The Balaban J connectivity index is 1.95. The number of nitrogens with zero attached hydrogens (tertiary/aromatic N) is 2. The number of carbonyl (C=O) groups is 1. The predicted molar refractivity (Wildman–Crippen MR) is 86.1 cm³/mol. The van der Waals surface area contributed by atoms with E-state index in [4.69, 9.17) is 0 Å². The molecule has 0 aromatic carbocycles. The Labute approximate surface area is 127 Å². The molecule has 0 aliphatic carbocycles. The van der Waals surface area contributed by atoms with Gasteiger partial charge in [-0.2, -0.15) is 0 Å². The number of rotatable bonds is 5. The fraction of sp³-hybridized carbons (Fsp3) is 0.647. The van der Waals surface area contributed by atoms with Crippen molar-refractivity contribution in [3.8, 4) is 0 Å². The maximum absolute atomic E-state index is 12.2. The van der Waals surface area contributed by atoms with Gasteiger partial charge < -0.3 is 10.2 Å². The van der Waals surface area contributed by atoms with Crippen LogP contribution in [0.2, 0.25) is 0 Å². The lowest BCUT2D eigenvalue weighted by atomic mass is 9.85. The summed E-state index contributed by atoms with van der Waals surface area (Å²) in [5.74, 6) is 1.18. The van der Waals surface area contributed by atoms with Crippen LogP contribution in [0.5, 0.6) is 0 Å². The lowest BCUT2D eigenvalue weighted by Gasteiger charge is -2.23. The molecule has 1 aromatic heterocycles. The number of aromatic nitrogens is 1. The minimum Gasteiger partial charge on any atom is -0.370 e. The first-order valence-corrected chi connectivity index (χ1v) is 7.97. The molecule has 0 unspecified atom stereocenters. The first kappa shape index (κ1) is 15.8. The molecule has 1 saturated heterocycles. The van der Waals surface area contributed by atoms with Crippen molar-refractivity contribution in [3.05, 3.63) is 23.9 Å². The number of anilines is 1. The summed E-state index contributed by atoms with van der Waals surface area (Å²) in [6.07, 6.45) is 5.68. The van der Waals surface area contributed by atoms with Crippen LogP contribution in [0.4, 0.5) is 5.82 Å². The van der Waals surface area contributed by atoms with Crippen molar-refractivity contribution < 1.29 is 4.79 Å². The molecule has 1 aliphatic rings. The van der Waals surface area contributed by atoms with Gasteiger partial charge in [0.05, 0.1) is 0 Å². The SMILES string of the molecule is CCCNc1ccc(CN2CCC(C)(C)CCC2=O)cn1. The Hall–Kier alpha value is -1.58. The van der Waals surface area contributed by atoms with E-state index in [0.29, 0.717) is 13.0 Å². The smallest absolute Gasteiger partial charge is 0.222 e. The first-order chi connectivity index (χ1) is 10.00. The average molecular weight is 289 g/mol. The van der Waals surface area contributed by atoms with Crippen LogP contribution in [0.25, 0.3) is 0 Å². The quantitative estimate of drug-likeness (QED) is 0.903. The summed E-state index contributed by atoms with van der Waals surface area (Å²) in [5, 5.41) is 3.26. The second-order valence-corrected chi connectivity index (χ2v) is 6.71. The summed E-state index contributed by atoms with van der Waals surface area (Å²) >= 11 is 0. The summed E-state index contributed by atoms with van der Waals surface area (Å²) in [4.78, 5) is 18.6. The molecule has 4 heteroatoms. The van der Waals surface area contributed by atoms with Gasteiger partial charge in [0.2, 0.25) is 5.91 Å². The van der Waals surface area contributed by atoms with Crippen molar-refractivity contribution in [2.75, 3.05) is 18.4 Å². The van der Waals surface area contributed by atoms with Gasteiger partial charge in [-0.1, -0.05) is 26.8 Å². The Morgan fingerprint density at radius 2 is 2.14 bits per heavy atom. The van der Waals surface area contributed by atoms with Crippen LogP contribution in [0, 0.1) is 5.41 Å². The first-order valence-electron chi connectivity index (χ1n) is 7.97. The van der Waals surface area contributed by atoms with Crippen LogP contribution in [-0.4, -0.2) is 28.9 Å². The van der Waals surface area contributed by atoms with Gasteiger partial charge in [-0.25, -0.2) is 4.98 Å². The zero-order chi connectivity index (χ0) is 15.3. The Morgan fingerprint density at radius 1 is 1.33 bits per heavy atom. The van der Waals surface area contributed by atoms with Crippen molar-refractivity contribution in [3.63, 3.8) is 0 Å². The van der Waals surface area contributed by atoms with Gasteiger partial charge in [-0.05, 0) is 36.3 Å². The lowest BCUT2D eigenvalue weighted by molar-refractivity contribution is -0.131. The van der Waals surface area contributed by atoms with E-state index in [9.17, 15) is 4.79 Å². The Bertz CT molecular complexity index is 467. The van der Waals surface area contributed by atoms with Gasteiger partial charge in [0.15, 0.2) is 0 Å². The maximum Gasteiger partial charge on any atom is 0.222 e. The minimum absolute atomic E-state index is 0.272. The molecule has 0 radical (unpaired) electrons. The molecule has 0 spiro atoms. The zero-order valence-corrected chi connectivity index (χ0v) is 13.5. The molecule has 2 rings (SSSR count). The van der Waals surface area contributed by atoms with Crippen molar-refractivity contribution in [1.82, 2.24) is 9.88 Å². The van der Waals surface area contributed by atoms with E-state index in [0.717, 1.165) is 43.7 Å². The lowest BCUT2D eigenvalue weighted by Crippen LogP contribution is -2.30. The monoisotopic (exact) mass is 289 g/mol. The van der Waals surface area contributed by atoms with Gasteiger partial charge in [0.1, 0.15) is 5.82 Å². The number of pyridine rings is 1. The molecule has 0 bridgehead atoms. The molecule has 21 heavy (non-hydrogen) atoms. The second-order valence-electron chi connectivity index (χ2n) is 6.71. The highest BCUT2D eigenvalue weighted by molar-refractivity contribution is 5.76. The van der Waals surface area contributed by atoms with Gasteiger partial charge in [0.25, 0.3) is 0 Å².